The number of aliphatic carboxylic acids is 2. The monoisotopic (exact) mass is 445 g/mol. The van der Waals surface area contributed by atoms with Crippen molar-refractivity contribution in [2.24, 2.45) is 17.4 Å². The van der Waals surface area contributed by atoms with E-state index in [1.807, 2.05) is 0 Å². The molecule has 0 bridgehead atoms. The Labute approximate surface area is 181 Å². The number of nitrogens with one attached hydrogen (secondary N) is 3. The molecule has 0 heterocycles. The molecule has 178 valence electrons. The van der Waals surface area contributed by atoms with Gasteiger partial charge >= 0.3 is 11.9 Å². The van der Waals surface area contributed by atoms with E-state index in [-0.39, 0.29) is 18.8 Å². The average molecular weight is 446 g/mol. The number of carbonyl (C=O) groups excluding carboxylic acids is 3. The summed E-state index contributed by atoms with van der Waals surface area (Å²) in [5.74, 6) is -4.99. The zero-order valence-corrected chi connectivity index (χ0v) is 18.2. The molecule has 0 aromatic rings. The van der Waals surface area contributed by atoms with Crippen LogP contribution < -0.4 is 27.4 Å². The van der Waals surface area contributed by atoms with E-state index in [0.29, 0.717) is 19.4 Å². The molecule has 0 saturated carbocycles. The standard InChI is InChI=1S/C19H35N5O7/c1-10(2)8-14(19(30)31)24-18(29)13(9-15(25)26)23-17(28)12(6-4-5-7-20)22-16(27)11(3)21/h10-14H,4-9,20-21H2,1-3H3,(H,22,27)(H,23,28)(H,24,29)(H,25,26)(H,30,31). The maximum absolute atomic E-state index is 12.7. The summed E-state index contributed by atoms with van der Waals surface area (Å²) in [7, 11) is 0. The Kier molecular flexibility index (Phi) is 13.0. The van der Waals surface area contributed by atoms with Gasteiger partial charge < -0.3 is 37.6 Å². The molecule has 0 aliphatic heterocycles. The molecule has 4 atom stereocenters. The normalized spacial score (nSPS) is 14.8. The summed E-state index contributed by atoms with van der Waals surface area (Å²) in [5.41, 5.74) is 11.0. The topological polar surface area (TPSA) is 214 Å². The molecule has 0 spiro atoms. The fourth-order valence-corrected chi connectivity index (χ4v) is 2.69. The SMILES string of the molecule is CC(C)CC(NC(=O)C(CC(=O)O)NC(=O)C(CCCCN)NC(=O)C(C)N)C(=O)O. The van der Waals surface area contributed by atoms with Crippen LogP contribution in [-0.2, 0) is 24.0 Å². The lowest BCUT2D eigenvalue weighted by atomic mass is 10.0. The van der Waals surface area contributed by atoms with Crippen LogP contribution in [0, 0.1) is 5.92 Å². The molecule has 4 unspecified atom stereocenters. The zero-order valence-electron chi connectivity index (χ0n) is 18.2. The van der Waals surface area contributed by atoms with Crippen LogP contribution in [0.15, 0.2) is 0 Å². The van der Waals surface area contributed by atoms with Gasteiger partial charge in [0.15, 0.2) is 0 Å². The summed E-state index contributed by atoms with van der Waals surface area (Å²) < 4.78 is 0. The van der Waals surface area contributed by atoms with E-state index >= 15 is 0 Å². The molecular weight excluding hydrogens is 410 g/mol. The van der Waals surface area contributed by atoms with Crippen molar-refractivity contribution in [3.63, 3.8) is 0 Å². The van der Waals surface area contributed by atoms with Crippen molar-refractivity contribution in [1.29, 1.82) is 0 Å². The van der Waals surface area contributed by atoms with Crippen LogP contribution in [0.3, 0.4) is 0 Å². The number of nitrogens with two attached hydrogens (primary N) is 2. The van der Waals surface area contributed by atoms with Crippen LogP contribution in [-0.4, -0.2) is 70.6 Å². The molecule has 0 rings (SSSR count). The summed E-state index contributed by atoms with van der Waals surface area (Å²) in [6, 6.07) is -4.70. The molecule has 3 amide bonds. The minimum atomic E-state index is -1.52. The number of unbranched alkanes of at least 4 members (excludes halogenated alkanes) is 1. The van der Waals surface area contributed by atoms with E-state index in [0.717, 1.165) is 0 Å². The largest absolute Gasteiger partial charge is 0.481 e. The number of amides is 3. The maximum Gasteiger partial charge on any atom is 0.326 e. The molecular formula is C19H35N5O7. The van der Waals surface area contributed by atoms with Gasteiger partial charge in [0.1, 0.15) is 18.1 Å². The molecule has 0 aliphatic rings. The summed E-state index contributed by atoms with van der Waals surface area (Å²) in [6.07, 6.45) is 0.656. The van der Waals surface area contributed by atoms with E-state index in [1.165, 1.54) is 6.92 Å². The van der Waals surface area contributed by atoms with E-state index in [9.17, 15) is 29.1 Å². The fraction of sp³-hybridized carbons (Fsp3) is 0.737. The number of carboxylic acids is 2. The molecule has 0 aromatic heterocycles. The van der Waals surface area contributed by atoms with Gasteiger partial charge in [-0.15, -0.1) is 0 Å². The Morgan fingerprint density at radius 2 is 1.32 bits per heavy atom. The summed E-state index contributed by atoms with van der Waals surface area (Å²) in [5, 5.41) is 25.4. The minimum absolute atomic E-state index is 0.0469. The summed E-state index contributed by atoms with van der Waals surface area (Å²) in [4.78, 5) is 59.8. The first-order chi connectivity index (χ1) is 14.4. The molecule has 12 heteroatoms. The van der Waals surface area contributed by atoms with E-state index < -0.39 is 60.2 Å². The lowest BCUT2D eigenvalue weighted by Gasteiger charge is -2.24. The van der Waals surface area contributed by atoms with Gasteiger partial charge in [0, 0.05) is 0 Å². The average Bonchev–Trinajstić information content (AvgIpc) is 2.64. The Morgan fingerprint density at radius 1 is 0.806 bits per heavy atom. The van der Waals surface area contributed by atoms with Crippen molar-refractivity contribution in [2.75, 3.05) is 6.54 Å². The van der Waals surface area contributed by atoms with Crippen molar-refractivity contribution < 1.29 is 34.2 Å². The number of hydrogen-bond donors (Lipinski definition) is 7. The van der Waals surface area contributed by atoms with Crippen LogP contribution >= 0.6 is 0 Å². The van der Waals surface area contributed by atoms with Gasteiger partial charge in [-0.3, -0.25) is 19.2 Å². The highest BCUT2D eigenvalue weighted by Crippen LogP contribution is 2.07. The Balaban J connectivity index is 5.42. The lowest BCUT2D eigenvalue weighted by Crippen LogP contribution is -2.57. The van der Waals surface area contributed by atoms with Gasteiger partial charge in [-0.05, 0) is 45.1 Å². The molecule has 0 saturated heterocycles. The minimum Gasteiger partial charge on any atom is -0.481 e. The third-order valence-corrected chi connectivity index (χ3v) is 4.33. The van der Waals surface area contributed by atoms with Gasteiger partial charge in [-0.1, -0.05) is 13.8 Å². The maximum atomic E-state index is 12.7. The van der Waals surface area contributed by atoms with Gasteiger partial charge in [-0.2, -0.15) is 0 Å². The lowest BCUT2D eigenvalue weighted by molar-refractivity contribution is -0.144. The summed E-state index contributed by atoms with van der Waals surface area (Å²) in [6.45, 7) is 5.36. The van der Waals surface area contributed by atoms with Crippen LogP contribution in [0.25, 0.3) is 0 Å². The first-order valence-corrected chi connectivity index (χ1v) is 10.2. The van der Waals surface area contributed by atoms with Crippen molar-refractivity contribution >= 4 is 29.7 Å². The van der Waals surface area contributed by atoms with Gasteiger partial charge in [0.2, 0.25) is 17.7 Å². The van der Waals surface area contributed by atoms with Crippen molar-refractivity contribution in [1.82, 2.24) is 16.0 Å². The van der Waals surface area contributed by atoms with Crippen molar-refractivity contribution in [2.45, 2.75) is 77.0 Å². The molecule has 0 aliphatic carbocycles. The predicted molar refractivity (Wildman–Crippen MR) is 112 cm³/mol. The second-order valence-electron chi connectivity index (χ2n) is 7.82. The smallest absolute Gasteiger partial charge is 0.326 e. The van der Waals surface area contributed by atoms with Crippen molar-refractivity contribution in [3.8, 4) is 0 Å². The molecule has 12 nitrogen and oxygen atoms in total. The number of carboxylic acid groups (broad SMARTS) is 2. The van der Waals surface area contributed by atoms with E-state index in [4.69, 9.17) is 16.6 Å². The Bertz CT molecular complexity index is 639. The predicted octanol–water partition coefficient (Wildman–Crippen LogP) is -1.48. The van der Waals surface area contributed by atoms with Crippen LogP contribution in [0.4, 0.5) is 0 Å². The van der Waals surface area contributed by atoms with Gasteiger partial charge in [-0.25, -0.2) is 4.79 Å². The molecule has 31 heavy (non-hydrogen) atoms. The molecule has 0 aromatic carbocycles. The van der Waals surface area contributed by atoms with Crippen LogP contribution in [0.5, 0.6) is 0 Å². The fourth-order valence-electron chi connectivity index (χ4n) is 2.69. The molecule has 9 N–H and O–H groups in total. The Hall–Kier alpha value is -2.73. The van der Waals surface area contributed by atoms with Gasteiger partial charge in [0.05, 0.1) is 12.5 Å². The van der Waals surface area contributed by atoms with Gasteiger partial charge in [0.25, 0.3) is 0 Å². The summed E-state index contributed by atoms with van der Waals surface area (Å²) >= 11 is 0. The van der Waals surface area contributed by atoms with Crippen LogP contribution in [0.2, 0.25) is 0 Å². The first-order valence-electron chi connectivity index (χ1n) is 10.2. The van der Waals surface area contributed by atoms with E-state index in [1.54, 1.807) is 13.8 Å². The number of hydrogen-bond acceptors (Lipinski definition) is 7. The quantitative estimate of drug-likeness (QED) is 0.146. The zero-order chi connectivity index (χ0) is 24.1. The van der Waals surface area contributed by atoms with Crippen molar-refractivity contribution in [3.05, 3.63) is 0 Å². The highest BCUT2D eigenvalue weighted by molar-refractivity contribution is 5.95. The van der Waals surface area contributed by atoms with E-state index in [2.05, 4.69) is 16.0 Å². The highest BCUT2D eigenvalue weighted by atomic mass is 16.4. The second kappa shape index (κ2) is 14.3. The Morgan fingerprint density at radius 3 is 1.77 bits per heavy atom. The highest BCUT2D eigenvalue weighted by Gasteiger charge is 2.31. The van der Waals surface area contributed by atoms with Crippen LogP contribution in [0.1, 0.15) is 52.9 Å². The second-order valence-corrected chi connectivity index (χ2v) is 7.82. The first kappa shape index (κ1) is 28.3. The third kappa shape index (κ3) is 11.9. The number of carbonyl (C=O) groups is 5. The molecule has 0 radical (unpaired) electrons. The molecule has 0 fully saturated rings. The number of rotatable bonds is 15. The third-order valence-electron chi connectivity index (χ3n) is 4.33.